The second-order valence-electron chi connectivity index (χ2n) is 6.19. The van der Waals surface area contributed by atoms with Crippen LogP contribution in [0.5, 0.6) is 0 Å². The van der Waals surface area contributed by atoms with Crippen molar-refractivity contribution in [1.82, 2.24) is 0 Å². The number of hydrogen-bond acceptors (Lipinski definition) is 3. The fraction of sp³-hybridized carbons (Fsp3) is 0.500. The van der Waals surface area contributed by atoms with E-state index < -0.39 is 16.0 Å². The van der Waals surface area contributed by atoms with E-state index in [0.717, 1.165) is 5.56 Å². The monoisotopic (exact) mass is 299 g/mol. The predicted octanol–water partition coefficient (Wildman–Crippen LogP) is 2.79. The molecule has 20 heavy (non-hydrogen) atoms. The lowest BCUT2D eigenvalue weighted by molar-refractivity contribution is 0.0696. The number of sulfonamides is 1. The summed E-state index contributed by atoms with van der Waals surface area (Å²) in [5.41, 5.74) is 1.39. The lowest BCUT2D eigenvalue weighted by Crippen LogP contribution is -2.26. The molecule has 0 aliphatic heterocycles. The van der Waals surface area contributed by atoms with Gasteiger partial charge in [-0.1, -0.05) is 20.8 Å². The van der Waals surface area contributed by atoms with E-state index in [4.69, 9.17) is 5.11 Å². The standard InChI is InChI=1S/C14H21NO4S/c1-9-6-11(7-12(10(9)2)13(16)17)15-20(18,19)8-14(3,4)5/h6-7,15H,8H2,1-5H3,(H,16,17). The maximum absolute atomic E-state index is 12.0. The Bertz CT molecular complexity index is 627. The number of carboxylic acid groups (broad SMARTS) is 1. The summed E-state index contributed by atoms with van der Waals surface area (Å²) < 4.78 is 26.5. The third-order valence-electron chi connectivity index (χ3n) is 2.79. The Labute approximate surface area is 120 Å². The van der Waals surface area contributed by atoms with Crippen molar-refractivity contribution in [3.05, 3.63) is 28.8 Å². The SMILES string of the molecule is Cc1cc(NS(=O)(=O)CC(C)(C)C)cc(C(=O)O)c1C. The van der Waals surface area contributed by atoms with Crippen molar-refractivity contribution in [2.75, 3.05) is 10.5 Å². The van der Waals surface area contributed by atoms with Crippen molar-refractivity contribution in [2.24, 2.45) is 5.41 Å². The minimum atomic E-state index is -3.51. The highest BCUT2D eigenvalue weighted by Crippen LogP contribution is 2.23. The molecule has 0 saturated heterocycles. The summed E-state index contributed by atoms with van der Waals surface area (Å²) in [5, 5.41) is 9.12. The molecule has 6 heteroatoms. The van der Waals surface area contributed by atoms with Crippen LogP contribution in [0.4, 0.5) is 5.69 Å². The van der Waals surface area contributed by atoms with Gasteiger partial charge in [0.15, 0.2) is 0 Å². The number of hydrogen-bond donors (Lipinski definition) is 2. The summed E-state index contributed by atoms with van der Waals surface area (Å²) in [4.78, 5) is 11.1. The van der Waals surface area contributed by atoms with Crippen molar-refractivity contribution in [3.63, 3.8) is 0 Å². The second-order valence-corrected chi connectivity index (χ2v) is 7.91. The molecule has 2 N–H and O–H groups in total. The Balaban J connectivity index is 3.14. The number of anilines is 1. The first-order chi connectivity index (χ1) is 8.91. The molecule has 0 fully saturated rings. The summed E-state index contributed by atoms with van der Waals surface area (Å²) in [5.74, 6) is -1.10. The summed E-state index contributed by atoms with van der Waals surface area (Å²) in [6, 6.07) is 2.99. The van der Waals surface area contributed by atoms with Gasteiger partial charge >= 0.3 is 5.97 Å². The van der Waals surface area contributed by atoms with E-state index in [1.54, 1.807) is 19.9 Å². The van der Waals surface area contributed by atoms with Gasteiger partial charge in [-0.25, -0.2) is 13.2 Å². The van der Waals surface area contributed by atoms with E-state index in [0.29, 0.717) is 5.56 Å². The zero-order valence-corrected chi connectivity index (χ0v) is 13.3. The van der Waals surface area contributed by atoms with Crippen LogP contribution in [0.15, 0.2) is 12.1 Å². The smallest absolute Gasteiger partial charge is 0.336 e. The first kappa shape index (κ1) is 16.5. The van der Waals surface area contributed by atoms with Crippen LogP contribution in [0.2, 0.25) is 0 Å². The highest BCUT2D eigenvalue weighted by atomic mass is 32.2. The second kappa shape index (κ2) is 5.44. The first-order valence-corrected chi connectivity index (χ1v) is 7.91. The molecule has 112 valence electrons. The van der Waals surface area contributed by atoms with Gasteiger partial charge in [-0.15, -0.1) is 0 Å². The third kappa shape index (κ3) is 4.52. The Hall–Kier alpha value is -1.56. The molecule has 0 aliphatic rings. The van der Waals surface area contributed by atoms with E-state index >= 15 is 0 Å². The summed E-state index contributed by atoms with van der Waals surface area (Å²) in [7, 11) is -3.51. The zero-order chi connectivity index (χ0) is 15.7. The van der Waals surface area contributed by atoms with Crippen LogP contribution in [0.1, 0.15) is 42.3 Å². The van der Waals surface area contributed by atoms with Crippen LogP contribution >= 0.6 is 0 Å². The zero-order valence-electron chi connectivity index (χ0n) is 12.4. The van der Waals surface area contributed by atoms with Crippen molar-refractivity contribution in [2.45, 2.75) is 34.6 Å². The predicted molar refractivity (Wildman–Crippen MR) is 79.7 cm³/mol. The van der Waals surface area contributed by atoms with E-state index in [-0.39, 0.29) is 22.4 Å². The minimum absolute atomic E-state index is 0.0324. The maximum atomic E-state index is 12.0. The number of benzene rings is 1. The summed E-state index contributed by atoms with van der Waals surface area (Å²) in [6.07, 6.45) is 0. The van der Waals surface area contributed by atoms with Gasteiger partial charge in [-0.2, -0.15) is 0 Å². The molecule has 5 nitrogen and oxygen atoms in total. The highest BCUT2D eigenvalue weighted by molar-refractivity contribution is 7.92. The Kier molecular flexibility index (Phi) is 4.49. The molecule has 0 aliphatic carbocycles. The fourth-order valence-corrected chi connectivity index (χ4v) is 3.62. The van der Waals surface area contributed by atoms with Gasteiger partial charge in [0.25, 0.3) is 0 Å². The molecule has 0 saturated carbocycles. The van der Waals surface area contributed by atoms with Gasteiger partial charge < -0.3 is 5.11 Å². The quantitative estimate of drug-likeness (QED) is 0.895. The van der Waals surface area contributed by atoms with Crippen LogP contribution < -0.4 is 4.72 Å². The number of carbonyl (C=O) groups is 1. The molecule has 0 atom stereocenters. The molecule has 0 spiro atoms. The molecule has 0 unspecified atom stereocenters. The van der Waals surface area contributed by atoms with Crippen LogP contribution in [0.3, 0.4) is 0 Å². The average Bonchev–Trinajstić information content (AvgIpc) is 2.18. The average molecular weight is 299 g/mol. The lowest BCUT2D eigenvalue weighted by atomic mass is 10.0. The van der Waals surface area contributed by atoms with Gasteiger partial charge in [-0.05, 0) is 42.5 Å². The Morgan fingerprint density at radius 1 is 1.25 bits per heavy atom. The normalized spacial score (nSPS) is 12.2. The molecular formula is C14H21NO4S. The lowest BCUT2D eigenvalue weighted by Gasteiger charge is -2.19. The molecule has 1 aromatic rings. The largest absolute Gasteiger partial charge is 0.478 e. The number of rotatable bonds is 4. The number of carboxylic acids is 1. The van der Waals surface area contributed by atoms with E-state index in [1.165, 1.54) is 6.07 Å². The first-order valence-electron chi connectivity index (χ1n) is 6.26. The summed E-state index contributed by atoms with van der Waals surface area (Å²) in [6.45, 7) is 8.94. The van der Waals surface area contributed by atoms with Crippen molar-refractivity contribution in [3.8, 4) is 0 Å². The molecule has 1 rings (SSSR count). The number of nitrogens with one attached hydrogen (secondary N) is 1. The maximum Gasteiger partial charge on any atom is 0.336 e. The fourth-order valence-electron chi connectivity index (χ4n) is 1.93. The van der Waals surface area contributed by atoms with Gasteiger partial charge in [0.1, 0.15) is 0 Å². The van der Waals surface area contributed by atoms with E-state index in [1.807, 2.05) is 20.8 Å². The van der Waals surface area contributed by atoms with Crippen molar-refractivity contribution >= 4 is 21.7 Å². The van der Waals surface area contributed by atoms with Crippen molar-refractivity contribution in [1.29, 1.82) is 0 Å². The molecule has 0 amide bonds. The minimum Gasteiger partial charge on any atom is -0.478 e. The number of aromatic carboxylic acids is 1. The number of aryl methyl sites for hydroxylation is 1. The van der Waals surface area contributed by atoms with Gasteiger partial charge in [0, 0.05) is 5.69 Å². The topological polar surface area (TPSA) is 83.5 Å². The Morgan fingerprint density at radius 2 is 1.80 bits per heavy atom. The van der Waals surface area contributed by atoms with Crippen LogP contribution in [0.25, 0.3) is 0 Å². The van der Waals surface area contributed by atoms with Crippen LogP contribution in [0, 0.1) is 19.3 Å². The van der Waals surface area contributed by atoms with Gasteiger partial charge in [0.05, 0.1) is 11.3 Å². The summed E-state index contributed by atoms with van der Waals surface area (Å²) >= 11 is 0. The van der Waals surface area contributed by atoms with E-state index in [2.05, 4.69) is 4.72 Å². The van der Waals surface area contributed by atoms with Crippen molar-refractivity contribution < 1.29 is 18.3 Å². The van der Waals surface area contributed by atoms with Gasteiger partial charge in [-0.3, -0.25) is 4.72 Å². The van der Waals surface area contributed by atoms with Crippen LogP contribution in [-0.2, 0) is 10.0 Å². The molecule has 0 bridgehead atoms. The highest BCUT2D eigenvalue weighted by Gasteiger charge is 2.22. The van der Waals surface area contributed by atoms with Crippen LogP contribution in [-0.4, -0.2) is 25.2 Å². The molecule has 1 aromatic carbocycles. The Morgan fingerprint density at radius 3 is 2.25 bits per heavy atom. The molecule has 0 heterocycles. The molecule has 0 radical (unpaired) electrons. The van der Waals surface area contributed by atoms with E-state index in [9.17, 15) is 13.2 Å². The molecular weight excluding hydrogens is 278 g/mol. The molecule has 0 aromatic heterocycles. The third-order valence-corrected chi connectivity index (χ3v) is 4.59. The van der Waals surface area contributed by atoms with Gasteiger partial charge in [0.2, 0.25) is 10.0 Å².